The topological polar surface area (TPSA) is 87.1 Å². The summed E-state index contributed by atoms with van der Waals surface area (Å²) in [5.74, 6) is 0.861. The summed E-state index contributed by atoms with van der Waals surface area (Å²) in [6.07, 6.45) is 3.34. The first kappa shape index (κ1) is 10.7. The van der Waals surface area contributed by atoms with Crippen LogP contribution in [0.15, 0.2) is 29.0 Å². The van der Waals surface area contributed by atoms with Gasteiger partial charge in [0.05, 0.1) is 6.04 Å². The number of nitrogens with zero attached hydrogens (tertiary/aromatic N) is 3. The van der Waals surface area contributed by atoms with Gasteiger partial charge >= 0.3 is 0 Å². The molecule has 2 aromatic heterocycles. The number of ether oxygens (including phenoxy) is 1. The predicted octanol–water partition coefficient (Wildman–Crippen LogP) is 0.659. The van der Waals surface area contributed by atoms with Crippen molar-refractivity contribution in [1.82, 2.24) is 15.1 Å². The summed E-state index contributed by atoms with van der Waals surface area (Å²) >= 11 is 0. The first-order chi connectivity index (χ1) is 7.81. The minimum atomic E-state index is -0.405. The summed E-state index contributed by atoms with van der Waals surface area (Å²) in [7, 11) is 1.56. The zero-order valence-electron chi connectivity index (χ0n) is 8.83. The number of aromatic nitrogens is 3. The highest BCUT2D eigenvalue weighted by Gasteiger charge is 2.15. The summed E-state index contributed by atoms with van der Waals surface area (Å²) in [6, 6.07) is 3.23. The van der Waals surface area contributed by atoms with E-state index >= 15 is 0 Å². The van der Waals surface area contributed by atoms with Gasteiger partial charge in [0.25, 0.3) is 5.89 Å². The lowest BCUT2D eigenvalue weighted by atomic mass is 10.1. The van der Waals surface area contributed by atoms with Crippen LogP contribution in [0.4, 0.5) is 0 Å². The van der Waals surface area contributed by atoms with Crippen molar-refractivity contribution in [2.75, 3.05) is 7.11 Å². The van der Waals surface area contributed by atoms with Crippen molar-refractivity contribution in [2.24, 2.45) is 5.73 Å². The van der Waals surface area contributed by atoms with Crippen LogP contribution in [0.3, 0.4) is 0 Å². The summed E-state index contributed by atoms with van der Waals surface area (Å²) in [6.45, 7) is 0.288. The zero-order chi connectivity index (χ0) is 11.4. The van der Waals surface area contributed by atoms with Crippen molar-refractivity contribution < 1.29 is 9.26 Å². The van der Waals surface area contributed by atoms with E-state index in [9.17, 15) is 0 Å². The Bertz CT molecular complexity index is 443. The molecule has 0 saturated carbocycles. The molecule has 2 heterocycles. The Balaban J connectivity index is 2.17. The van der Waals surface area contributed by atoms with Gasteiger partial charge in [-0.2, -0.15) is 4.98 Å². The lowest BCUT2D eigenvalue weighted by molar-refractivity contribution is 0.151. The Labute approximate surface area is 92.4 Å². The van der Waals surface area contributed by atoms with Gasteiger partial charge in [-0.25, -0.2) is 0 Å². The largest absolute Gasteiger partial charge is 0.375 e. The highest BCUT2D eigenvalue weighted by molar-refractivity contribution is 5.20. The van der Waals surface area contributed by atoms with E-state index in [0.29, 0.717) is 11.7 Å². The van der Waals surface area contributed by atoms with Crippen LogP contribution in [-0.4, -0.2) is 22.2 Å². The molecule has 2 N–H and O–H groups in total. The SMILES string of the molecule is COCc1nc(C(N)c2ccncc2)no1. The fraction of sp³-hybridized carbons (Fsp3) is 0.300. The number of rotatable bonds is 4. The van der Waals surface area contributed by atoms with E-state index in [-0.39, 0.29) is 6.61 Å². The second-order valence-corrected chi connectivity index (χ2v) is 3.24. The highest BCUT2D eigenvalue weighted by Crippen LogP contribution is 2.15. The molecule has 0 fully saturated rings. The van der Waals surface area contributed by atoms with Gasteiger partial charge in [-0.1, -0.05) is 5.16 Å². The molecule has 0 spiro atoms. The van der Waals surface area contributed by atoms with E-state index in [1.54, 1.807) is 19.5 Å². The minimum Gasteiger partial charge on any atom is -0.375 e. The third-order valence-corrected chi connectivity index (χ3v) is 2.10. The molecule has 6 nitrogen and oxygen atoms in total. The summed E-state index contributed by atoms with van der Waals surface area (Å²) in [5.41, 5.74) is 6.86. The van der Waals surface area contributed by atoms with Gasteiger partial charge in [-0.15, -0.1) is 0 Å². The first-order valence-corrected chi connectivity index (χ1v) is 4.78. The van der Waals surface area contributed by atoms with E-state index in [2.05, 4.69) is 15.1 Å². The van der Waals surface area contributed by atoms with Crippen LogP contribution in [0, 0.1) is 0 Å². The normalized spacial score (nSPS) is 12.6. The van der Waals surface area contributed by atoms with Gasteiger partial charge in [-0.3, -0.25) is 4.98 Å². The van der Waals surface area contributed by atoms with E-state index in [1.165, 1.54) is 0 Å². The Morgan fingerprint density at radius 2 is 2.19 bits per heavy atom. The summed E-state index contributed by atoms with van der Waals surface area (Å²) in [5, 5.41) is 3.80. The molecule has 0 radical (unpaired) electrons. The Morgan fingerprint density at radius 3 is 2.88 bits per heavy atom. The van der Waals surface area contributed by atoms with Crippen LogP contribution in [0.5, 0.6) is 0 Å². The molecular formula is C10H12N4O2. The molecule has 0 saturated heterocycles. The third-order valence-electron chi connectivity index (χ3n) is 2.10. The van der Waals surface area contributed by atoms with Crippen LogP contribution in [0.25, 0.3) is 0 Å². The molecule has 0 aromatic carbocycles. The molecule has 16 heavy (non-hydrogen) atoms. The quantitative estimate of drug-likeness (QED) is 0.814. The number of hydrogen-bond donors (Lipinski definition) is 1. The molecule has 0 aliphatic rings. The Hall–Kier alpha value is -1.79. The number of hydrogen-bond acceptors (Lipinski definition) is 6. The number of methoxy groups -OCH3 is 1. The van der Waals surface area contributed by atoms with E-state index < -0.39 is 6.04 Å². The number of pyridine rings is 1. The van der Waals surface area contributed by atoms with Crippen LogP contribution < -0.4 is 5.73 Å². The van der Waals surface area contributed by atoms with Gasteiger partial charge in [-0.05, 0) is 17.7 Å². The molecule has 84 valence electrons. The second kappa shape index (κ2) is 4.82. The molecule has 6 heteroatoms. The third kappa shape index (κ3) is 2.23. The average Bonchev–Trinajstić information content (AvgIpc) is 2.78. The van der Waals surface area contributed by atoms with E-state index in [0.717, 1.165) is 5.56 Å². The first-order valence-electron chi connectivity index (χ1n) is 4.78. The highest BCUT2D eigenvalue weighted by atomic mass is 16.5. The lowest BCUT2D eigenvalue weighted by Gasteiger charge is -2.05. The van der Waals surface area contributed by atoms with Crippen LogP contribution >= 0.6 is 0 Å². The average molecular weight is 220 g/mol. The van der Waals surface area contributed by atoms with Gasteiger partial charge in [0.1, 0.15) is 6.61 Å². The van der Waals surface area contributed by atoms with Gasteiger partial charge < -0.3 is 15.0 Å². The Morgan fingerprint density at radius 1 is 1.44 bits per heavy atom. The van der Waals surface area contributed by atoms with Crippen molar-refractivity contribution in [3.8, 4) is 0 Å². The molecule has 0 aliphatic carbocycles. The van der Waals surface area contributed by atoms with Crippen molar-refractivity contribution in [3.05, 3.63) is 41.8 Å². The van der Waals surface area contributed by atoms with Crippen molar-refractivity contribution in [1.29, 1.82) is 0 Å². The smallest absolute Gasteiger partial charge is 0.252 e. The van der Waals surface area contributed by atoms with Gasteiger partial charge in [0.15, 0.2) is 5.82 Å². The molecule has 2 rings (SSSR count). The fourth-order valence-corrected chi connectivity index (χ4v) is 1.30. The van der Waals surface area contributed by atoms with Crippen LogP contribution in [0.2, 0.25) is 0 Å². The predicted molar refractivity (Wildman–Crippen MR) is 55.3 cm³/mol. The maximum atomic E-state index is 5.97. The van der Waals surface area contributed by atoms with Crippen LogP contribution in [0.1, 0.15) is 23.3 Å². The Kier molecular flexibility index (Phi) is 3.23. The van der Waals surface area contributed by atoms with E-state index in [1.807, 2.05) is 12.1 Å². The molecule has 0 bridgehead atoms. The molecule has 0 amide bonds. The van der Waals surface area contributed by atoms with Crippen molar-refractivity contribution >= 4 is 0 Å². The molecule has 2 aromatic rings. The maximum Gasteiger partial charge on any atom is 0.252 e. The molecule has 1 unspecified atom stereocenters. The molecule has 0 aliphatic heterocycles. The van der Waals surface area contributed by atoms with Crippen molar-refractivity contribution in [2.45, 2.75) is 12.6 Å². The van der Waals surface area contributed by atoms with Gasteiger partial charge in [0, 0.05) is 19.5 Å². The minimum absolute atomic E-state index is 0.288. The molecule has 1 atom stereocenters. The van der Waals surface area contributed by atoms with Gasteiger partial charge in [0.2, 0.25) is 0 Å². The fourth-order valence-electron chi connectivity index (χ4n) is 1.30. The molecular weight excluding hydrogens is 208 g/mol. The van der Waals surface area contributed by atoms with Crippen molar-refractivity contribution in [3.63, 3.8) is 0 Å². The van der Waals surface area contributed by atoms with Crippen LogP contribution in [-0.2, 0) is 11.3 Å². The maximum absolute atomic E-state index is 5.97. The standard InChI is InChI=1S/C10H12N4O2/c1-15-6-8-13-10(14-16-8)9(11)7-2-4-12-5-3-7/h2-5,9H,6,11H2,1H3. The van der Waals surface area contributed by atoms with E-state index in [4.69, 9.17) is 15.0 Å². The summed E-state index contributed by atoms with van der Waals surface area (Å²) < 4.78 is 9.85. The zero-order valence-corrected chi connectivity index (χ0v) is 8.83. The second-order valence-electron chi connectivity index (χ2n) is 3.24. The summed E-state index contributed by atoms with van der Waals surface area (Å²) in [4.78, 5) is 8.04. The monoisotopic (exact) mass is 220 g/mol. The number of nitrogens with two attached hydrogens (primary N) is 1. The lowest BCUT2D eigenvalue weighted by Crippen LogP contribution is -2.13.